The molecule has 0 bridgehead atoms. The van der Waals surface area contributed by atoms with Crippen LogP contribution in [0.5, 0.6) is 11.5 Å². The van der Waals surface area contributed by atoms with Crippen LogP contribution >= 0.6 is 0 Å². The van der Waals surface area contributed by atoms with Crippen LogP contribution in [0.4, 0.5) is 0 Å². The van der Waals surface area contributed by atoms with Crippen molar-refractivity contribution < 1.29 is 14.3 Å². The van der Waals surface area contributed by atoms with Gasteiger partial charge in [0.2, 0.25) is 5.91 Å². The fraction of sp³-hybridized carbons (Fsp3) is 0.467. The fourth-order valence-corrected chi connectivity index (χ4v) is 1.46. The number of hydrogen-bond donors (Lipinski definition) is 1. The summed E-state index contributed by atoms with van der Waals surface area (Å²) in [7, 11) is 0. The van der Waals surface area contributed by atoms with Crippen LogP contribution in [0, 0.1) is 0 Å². The van der Waals surface area contributed by atoms with Crippen molar-refractivity contribution in [3.8, 4) is 11.5 Å². The van der Waals surface area contributed by atoms with Crippen molar-refractivity contribution in [2.75, 3.05) is 13.2 Å². The Labute approximate surface area is 120 Å². The number of carbonyl (C=O) groups excluding carboxylic acids is 1. The highest BCUT2D eigenvalue weighted by Crippen LogP contribution is 2.24. The van der Waals surface area contributed by atoms with Gasteiger partial charge in [0.05, 0.1) is 19.4 Å². The lowest BCUT2D eigenvalue weighted by Crippen LogP contribution is -2.12. The summed E-state index contributed by atoms with van der Waals surface area (Å²) in [6.45, 7) is 6.81. The molecule has 5 nitrogen and oxygen atoms in total. The normalized spacial score (nSPS) is 10.6. The summed E-state index contributed by atoms with van der Waals surface area (Å²) in [5.41, 5.74) is 3.17. The Kier molecular flexibility index (Phi) is 7.17. The SMILES string of the molecule is CCCOc1ccc(/C=N\NC(C)=O)c(OCCC)c1. The Bertz CT molecular complexity index is 458. The number of rotatable bonds is 8. The molecule has 0 aliphatic heterocycles. The van der Waals surface area contributed by atoms with Gasteiger partial charge in [0.25, 0.3) is 0 Å². The van der Waals surface area contributed by atoms with Gasteiger partial charge >= 0.3 is 0 Å². The van der Waals surface area contributed by atoms with Crippen molar-refractivity contribution in [1.29, 1.82) is 0 Å². The molecule has 1 rings (SSSR count). The van der Waals surface area contributed by atoms with E-state index >= 15 is 0 Å². The minimum Gasteiger partial charge on any atom is -0.493 e. The predicted octanol–water partition coefficient (Wildman–Crippen LogP) is 2.73. The average Bonchev–Trinajstić information content (AvgIpc) is 2.44. The monoisotopic (exact) mass is 278 g/mol. The predicted molar refractivity (Wildman–Crippen MR) is 79.4 cm³/mol. The minimum atomic E-state index is -0.208. The number of ether oxygens (including phenoxy) is 2. The quantitative estimate of drug-likeness (QED) is 0.587. The van der Waals surface area contributed by atoms with E-state index in [1.165, 1.54) is 6.92 Å². The smallest absolute Gasteiger partial charge is 0.236 e. The molecule has 1 aromatic carbocycles. The first-order valence-electron chi connectivity index (χ1n) is 6.86. The van der Waals surface area contributed by atoms with Gasteiger partial charge in [-0.05, 0) is 25.0 Å². The molecule has 0 aliphatic carbocycles. The van der Waals surface area contributed by atoms with E-state index in [9.17, 15) is 4.79 Å². The standard InChI is InChI=1S/C15H22N2O3/c1-4-8-19-14-7-6-13(11-16-17-12(3)18)15(10-14)20-9-5-2/h6-7,10-11H,4-5,8-9H2,1-3H3,(H,17,18)/b16-11-. The Hall–Kier alpha value is -2.04. The molecule has 0 heterocycles. The van der Waals surface area contributed by atoms with Crippen molar-refractivity contribution in [1.82, 2.24) is 5.43 Å². The van der Waals surface area contributed by atoms with Crippen LogP contribution in [0.2, 0.25) is 0 Å². The Morgan fingerprint density at radius 1 is 1.25 bits per heavy atom. The van der Waals surface area contributed by atoms with E-state index in [2.05, 4.69) is 17.5 Å². The molecule has 0 fully saturated rings. The van der Waals surface area contributed by atoms with Crippen LogP contribution in [-0.2, 0) is 4.79 Å². The van der Waals surface area contributed by atoms with Crippen molar-refractivity contribution in [2.24, 2.45) is 5.10 Å². The number of nitrogens with one attached hydrogen (secondary N) is 1. The highest BCUT2D eigenvalue weighted by Gasteiger charge is 2.04. The van der Waals surface area contributed by atoms with E-state index in [0.29, 0.717) is 19.0 Å². The Morgan fingerprint density at radius 2 is 1.95 bits per heavy atom. The second-order valence-corrected chi connectivity index (χ2v) is 4.32. The summed E-state index contributed by atoms with van der Waals surface area (Å²) in [6, 6.07) is 5.57. The summed E-state index contributed by atoms with van der Waals surface area (Å²) < 4.78 is 11.3. The van der Waals surface area contributed by atoms with E-state index in [4.69, 9.17) is 9.47 Å². The first-order valence-corrected chi connectivity index (χ1v) is 6.86. The van der Waals surface area contributed by atoms with Gasteiger partial charge < -0.3 is 9.47 Å². The van der Waals surface area contributed by atoms with Crippen LogP contribution in [0.15, 0.2) is 23.3 Å². The largest absolute Gasteiger partial charge is 0.493 e. The lowest BCUT2D eigenvalue weighted by Gasteiger charge is -2.11. The van der Waals surface area contributed by atoms with E-state index in [-0.39, 0.29) is 5.91 Å². The minimum absolute atomic E-state index is 0.208. The molecule has 0 radical (unpaired) electrons. The molecule has 0 unspecified atom stereocenters. The number of hydrazone groups is 1. The molecule has 0 saturated heterocycles. The summed E-state index contributed by atoms with van der Waals surface area (Å²) in [6.07, 6.45) is 3.44. The van der Waals surface area contributed by atoms with Crippen molar-refractivity contribution in [2.45, 2.75) is 33.6 Å². The number of carbonyl (C=O) groups is 1. The van der Waals surface area contributed by atoms with Gasteiger partial charge in [0, 0.05) is 18.6 Å². The van der Waals surface area contributed by atoms with Gasteiger partial charge in [-0.1, -0.05) is 13.8 Å². The molecule has 0 atom stereocenters. The van der Waals surface area contributed by atoms with Gasteiger partial charge in [0.1, 0.15) is 11.5 Å². The fourth-order valence-electron chi connectivity index (χ4n) is 1.46. The maximum absolute atomic E-state index is 10.8. The number of amides is 1. The molecule has 1 N–H and O–H groups in total. The van der Waals surface area contributed by atoms with Gasteiger partial charge in [-0.25, -0.2) is 5.43 Å². The average molecular weight is 278 g/mol. The zero-order valence-corrected chi connectivity index (χ0v) is 12.3. The first-order chi connectivity index (χ1) is 9.67. The third kappa shape index (κ3) is 5.73. The molecule has 110 valence electrons. The van der Waals surface area contributed by atoms with E-state index < -0.39 is 0 Å². The highest BCUT2D eigenvalue weighted by atomic mass is 16.5. The number of hydrogen-bond acceptors (Lipinski definition) is 4. The molecule has 20 heavy (non-hydrogen) atoms. The third-order valence-electron chi connectivity index (χ3n) is 2.35. The van der Waals surface area contributed by atoms with Crippen LogP contribution in [0.25, 0.3) is 0 Å². The molecule has 0 aromatic heterocycles. The van der Waals surface area contributed by atoms with Crippen LogP contribution in [0.3, 0.4) is 0 Å². The molecule has 5 heteroatoms. The lowest BCUT2D eigenvalue weighted by atomic mass is 10.2. The zero-order chi connectivity index (χ0) is 14.8. The van der Waals surface area contributed by atoms with E-state index in [0.717, 1.165) is 24.2 Å². The van der Waals surface area contributed by atoms with Crippen molar-refractivity contribution in [3.63, 3.8) is 0 Å². The number of nitrogens with zero attached hydrogens (tertiary/aromatic N) is 1. The van der Waals surface area contributed by atoms with Gasteiger partial charge in [-0.15, -0.1) is 0 Å². The van der Waals surface area contributed by atoms with Crippen LogP contribution in [0.1, 0.15) is 39.2 Å². The molecular weight excluding hydrogens is 256 g/mol. The third-order valence-corrected chi connectivity index (χ3v) is 2.35. The van der Waals surface area contributed by atoms with Gasteiger partial charge in [-0.3, -0.25) is 4.79 Å². The van der Waals surface area contributed by atoms with E-state index in [1.807, 2.05) is 25.1 Å². The number of benzene rings is 1. The summed E-state index contributed by atoms with van der Waals surface area (Å²) in [5, 5.41) is 3.86. The lowest BCUT2D eigenvalue weighted by molar-refractivity contribution is -0.118. The Morgan fingerprint density at radius 3 is 2.60 bits per heavy atom. The molecule has 0 spiro atoms. The second-order valence-electron chi connectivity index (χ2n) is 4.32. The molecule has 0 saturated carbocycles. The van der Waals surface area contributed by atoms with Crippen molar-refractivity contribution >= 4 is 12.1 Å². The highest BCUT2D eigenvalue weighted by molar-refractivity contribution is 5.85. The second kappa shape index (κ2) is 8.96. The van der Waals surface area contributed by atoms with Crippen LogP contribution < -0.4 is 14.9 Å². The molecule has 0 aliphatic rings. The maximum Gasteiger partial charge on any atom is 0.236 e. The summed E-state index contributed by atoms with van der Waals surface area (Å²) >= 11 is 0. The Balaban J connectivity index is 2.84. The molecule has 1 amide bonds. The van der Waals surface area contributed by atoms with Crippen LogP contribution in [-0.4, -0.2) is 25.3 Å². The first kappa shape index (κ1) is 16.0. The maximum atomic E-state index is 10.8. The summed E-state index contributed by atoms with van der Waals surface area (Å²) in [5.74, 6) is 1.27. The zero-order valence-electron chi connectivity index (χ0n) is 12.3. The topological polar surface area (TPSA) is 59.9 Å². The molecular formula is C15H22N2O3. The van der Waals surface area contributed by atoms with Crippen molar-refractivity contribution in [3.05, 3.63) is 23.8 Å². The van der Waals surface area contributed by atoms with E-state index in [1.54, 1.807) is 6.21 Å². The van der Waals surface area contributed by atoms with Gasteiger partial charge in [0.15, 0.2) is 0 Å². The van der Waals surface area contributed by atoms with Gasteiger partial charge in [-0.2, -0.15) is 5.10 Å². The summed E-state index contributed by atoms with van der Waals surface area (Å²) in [4.78, 5) is 10.8. The molecule has 1 aromatic rings.